The van der Waals surface area contributed by atoms with Crippen LogP contribution in [0.5, 0.6) is 0 Å². The van der Waals surface area contributed by atoms with Crippen LogP contribution in [0.25, 0.3) is 0 Å². The molecule has 104 heavy (non-hydrogen) atoms. The first-order valence-corrected chi connectivity index (χ1v) is 43.4. The van der Waals surface area contributed by atoms with Crippen LogP contribution in [-0.2, 0) is 65.4 Å². The average molecular weight is 1500 g/mol. The van der Waals surface area contributed by atoms with Crippen LogP contribution in [0.1, 0.15) is 323 Å². The quantitative estimate of drug-likeness (QED) is 0.0169. The van der Waals surface area contributed by atoms with Gasteiger partial charge in [-0.1, -0.05) is 296 Å². The Labute approximate surface area is 631 Å². The highest BCUT2D eigenvalue weighted by atomic mass is 31.2. The Morgan fingerprint density at radius 3 is 0.788 bits per heavy atom. The largest absolute Gasteiger partial charge is 0.472 e. The van der Waals surface area contributed by atoms with Gasteiger partial charge in [-0.25, -0.2) is 9.13 Å². The molecular weight excluding hydrogens is 1350 g/mol. The second kappa shape index (κ2) is 76.4. The van der Waals surface area contributed by atoms with E-state index in [2.05, 4.69) is 161 Å². The monoisotopic (exact) mass is 1500 g/mol. The standard InChI is InChI=1S/C85H144O17P2/c1-5-9-13-17-21-25-29-33-37-38-39-40-44-46-50-54-58-62-66-70-83(88)96-76-81(102-85(90)72-68-64-60-56-52-48-43-36-32-28-24-20-16-12-8-4)78-100-104(93,94)98-74-79(86)73-97-103(91,92)99-77-80(101-84(89)71-67-63-59-55-51-47-42-35-31-27-23-19-15-11-7-3)75-95-82(87)69-65-61-57-53-49-45-41-34-30-26-22-18-14-10-6-2/h9-10,12-14,16,21-22,24-26,28,33-34,36-37,39-41,43,52,56,79-81,86H,5-8,11,15,17-20,23,27,29-32,35,38,42,44-51,53-55,57-78H2,1-4H3,(H,91,92)(H,93,94)/b13-9-,14-10-,16-12-,25-21-,26-22-,28-24-,37-33-,40-39-,41-34-,43-36-,56-52-. The van der Waals surface area contributed by atoms with Gasteiger partial charge in [0.1, 0.15) is 19.3 Å². The fraction of sp³-hybridized carbons (Fsp3) is 0.694. The number of unbranched alkanes of at least 4 members (excludes halogenated alkanes) is 27. The number of hydrogen-bond donors (Lipinski definition) is 3. The van der Waals surface area contributed by atoms with Crippen molar-refractivity contribution in [1.82, 2.24) is 0 Å². The summed E-state index contributed by atoms with van der Waals surface area (Å²) in [5, 5.41) is 10.6. The van der Waals surface area contributed by atoms with E-state index in [0.29, 0.717) is 32.1 Å². The molecule has 0 fully saturated rings. The third kappa shape index (κ3) is 75.4. The van der Waals surface area contributed by atoms with Crippen molar-refractivity contribution in [1.29, 1.82) is 0 Å². The molecule has 5 unspecified atom stereocenters. The Balaban J connectivity index is 5.41. The van der Waals surface area contributed by atoms with Crippen LogP contribution in [0.4, 0.5) is 0 Å². The Morgan fingerprint density at radius 2 is 0.500 bits per heavy atom. The lowest BCUT2D eigenvalue weighted by molar-refractivity contribution is -0.161. The molecule has 0 rings (SSSR count). The maximum Gasteiger partial charge on any atom is 0.472 e. The van der Waals surface area contributed by atoms with Crippen LogP contribution in [0.15, 0.2) is 134 Å². The number of esters is 4. The first-order valence-electron chi connectivity index (χ1n) is 40.4. The van der Waals surface area contributed by atoms with Crippen molar-refractivity contribution in [3.8, 4) is 0 Å². The fourth-order valence-electron chi connectivity index (χ4n) is 10.6. The zero-order valence-electron chi connectivity index (χ0n) is 65.2. The molecular formula is C85H144O17P2. The predicted molar refractivity (Wildman–Crippen MR) is 427 cm³/mol. The number of ether oxygens (including phenoxy) is 4. The minimum Gasteiger partial charge on any atom is -0.462 e. The van der Waals surface area contributed by atoms with Crippen molar-refractivity contribution in [3.05, 3.63) is 134 Å². The summed E-state index contributed by atoms with van der Waals surface area (Å²) in [6.45, 7) is 4.48. The molecule has 0 radical (unpaired) electrons. The van der Waals surface area contributed by atoms with Crippen molar-refractivity contribution in [2.24, 2.45) is 0 Å². The van der Waals surface area contributed by atoms with E-state index in [1.165, 1.54) is 64.2 Å². The van der Waals surface area contributed by atoms with Crippen LogP contribution < -0.4 is 0 Å². The fourth-order valence-corrected chi connectivity index (χ4v) is 12.1. The van der Waals surface area contributed by atoms with E-state index in [0.717, 1.165) is 173 Å². The number of phosphoric ester groups is 2. The number of aliphatic hydroxyl groups excluding tert-OH is 1. The number of allylic oxidation sites excluding steroid dienone is 22. The normalized spacial score (nSPS) is 14.6. The lowest BCUT2D eigenvalue weighted by Crippen LogP contribution is -2.30. The van der Waals surface area contributed by atoms with Gasteiger partial charge in [-0.15, -0.1) is 0 Å². The van der Waals surface area contributed by atoms with Gasteiger partial charge in [-0.05, 0) is 135 Å². The van der Waals surface area contributed by atoms with Gasteiger partial charge in [-0.2, -0.15) is 0 Å². The molecule has 17 nitrogen and oxygen atoms in total. The van der Waals surface area contributed by atoms with E-state index in [9.17, 15) is 43.2 Å². The maximum atomic E-state index is 13.1. The summed E-state index contributed by atoms with van der Waals surface area (Å²) in [5.41, 5.74) is 0. The number of carbonyl (C=O) groups excluding carboxylic acids is 4. The Bertz CT molecular complexity index is 2490. The Hall–Kier alpha value is -4.80. The van der Waals surface area contributed by atoms with Gasteiger partial charge < -0.3 is 33.8 Å². The van der Waals surface area contributed by atoms with E-state index in [4.69, 9.17) is 37.0 Å². The molecule has 19 heteroatoms. The van der Waals surface area contributed by atoms with Gasteiger partial charge in [0, 0.05) is 25.7 Å². The molecule has 3 N–H and O–H groups in total. The molecule has 0 aliphatic carbocycles. The predicted octanol–water partition coefficient (Wildman–Crippen LogP) is 23.7. The zero-order chi connectivity index (χ0) is 76.0. The van der Waals surface area contributed by atoms with Crippen molar-refractivity contribution >= 4 is 39.5 Å². The van der Waals surface area contributed by atoms with Crippen LogP contribution >= 0.6 is 15.6 Å². The summed E-state index contributed by atoms with van der Waals surface area (Å²) in [7, 11) is -9.98. The molecule has 0 aromatic carbocycles. The number of carbonyl (C=O) groups is 4. The highest BCUT2D eigenvalue weighted by molar-refractivity contribution is 7.47. The summed E-state index contributed by atoms with van der Waals surface area (Å²) < 4.78 is 68.6. The van der Waals surface area contributed by atoms with E-state index < -0.39 is 97.5 Å². The molecule has 0 aromatic rings. The first-order chi connectivity index (χ1) is 50.7. The van der Waals surface area contributed by atoms with Crippen LogP contribution in [0.2, 0.25) is 0 Å². The minimum atomic E-state index is -5.00. The lowest BCUT2D eigenvalue weighted by Gasteiger charge is -2.21. The van der Waals surface area contributed by atoms with Gasteiger partial charge in [0.25, 0.3) is 0 Å². The van der Waals surface area contributed by atoms with E-state index in [-0.39, 0.29) is 25.7 Å². The van der Waals surface area contributed by atoms with Gasteiger partial charge in [0.05, 0.1) is 26.4 Å². The summed E-state index contributed by atoms with van der Waals surface area (Å²) >= 11 is 0. The third-order valence-corrected chi connectivity index (χ3v) is 18.5. The van der Waals surface area contributed by atoms with Crippen LogP contribution in [0, 0.1) is 0 Å². The van der Waals surface area contributed by atoms with Gasteiger partial charge in [0.15, 0.2) is 12.2 Å². The maximum absolute atomic E-state index is 13.1. The van der Waals surface area contributed by atoms with E-state index in [1.807, 2.05) is 0 Å². The van der Waals surface area contributed by atoms with Gasteiger partial charge >= 0.3 is 39.5 Å². The van der Waals surface area contributed by atoms with Crippen LogP contribution in [-0.4, -0.2) is 96.7 Å². The second-order valence-electron chi connectivity index (χ2n) is 26.6. The molecule has 0 saturated heterocycles. The molecule has 596 valence electrons. The number of aliphatic hydroxyl groups is 1. The van der Waals surface area contributed by atoms with Crippen molar-refractivity contribution in [2.75, 3.05) is 39.6 Å². The highest BCUT2D eigenvalue weighted by Crippen LogP contribution is 2.45. The highest BCUT2D eigenvalue weighted by Gasteiger charge is 2.30. The molecule has 0 heterocycles. The Morgan fingerprint density at radius 1 is 0.279 bits per heavy atom. The molecule has 0 aromatic heterocycles. The zero-order valence-corrected chi connectivity index (χ0v) is 66.9. The third-order valence-electron chi connectivity index (χ3n) is 16.6. The summed E-state index contributed by atoms with van der Waals surface area (Å²) in [4.78, 5) is 73.1. The van der Waals surface area contributed by atoms with Crippen molar-refractivity contribution in [3.63, 3.8) is 0 Å². The van der Waals surface area contributed by atoms with Gasteiger partial charge in [0.2, 0.25) is 0 Å². The van der Waals surface area contributed by atoms with E-state index >= 15 is 0 Å². The molecule has 0 amide bonds. The summed E-state index contributed by atoms with van der Waals surface area (Å²) in [5.74, 6) is -2.25. The summed E-state index contributed by atoms with van der Waals surface area (Å²) in [6.07, 6.45) is 85.7. The SMILES string of the molecule is CC/C=C\C/C=C\C/C=C\C/C=C\CCCCCCCCC(=O)OCC(COP(=O)(O)OCC(O)COP(=O)(O)OCC(COC(=O)CCCCCCC/C=C\C/C=C\C/C=C\CC)OC(=O)CCCCCCCCCCCCCCCCC)OC(=O)CCCC/C=C\C/C=C\C/C=C\C/C=C\CC. The number of rotatable bonds is 75. The number of phosphoric acid groups is 2. The lowest BCUT2D eigenvalue weighted by atomic mass is 10.0. The minimum absolute atomic E-state index is 0.0362. The van der Waals surface area contributed by atoms with Gasteiger partial charge in [-0.3, -0.25) is 37.3 Å². The van der Waals surface area contributed by atoms with Crippen molar-refractivity contribution in [2.45, 2.75) is 341 Å². The Kier molecular flexibility index (Phi) is 72.9. The molecule has 0 aliphatic rings. The number of hydrogen-bond acceptors (Lipinski definition) is 15. The van der Waals surface area contributed by atoms with E-state index in [1.54, 1.807) is 0 Å². The average Bonchev–Trinajstić information content (AvgIpc) is 0.918. The topological polar surface area (TPSA) is 237 Å². The molecule has 0 aliphatic heterocycles. The first kappa shape index (κ1) is 99.2. The molecule has 0 spiro atoms. The summed E-state index contributed by atoms with van der Waals surface area (Å²) in [6, 6.07) is 0. The smallest absolute Gasteiger partial charge is 0.462 e. The second-order valence-corrected chi connectivity index (χ2v) is 29.5. The van der Waals surface area contributed by atoms with Crippen molar-refractivity contribution < 1.29 is 80.2 Å². The van der Waals surface area contributed by atoms with Crippen LogP contribution in [0.3, 0.4) is 0 Å². The molecule has 0 saturated carbocycles. The molecule has 0 bridgehead atoms. The molecule has 5 atom stereocenters.